The summed E-state index contributed by atoms with van der Waals surface area (Å²) in [7, 11) is 0. The number of nitrogens with one attached hydrogen (secondary N) is 4. The Morgan fingerprint density at radius 1 is 0.727 bits per heavy atom. The van der Waals surface area contributed by atoms with Gasteiger partial charge in [-0.1, -0.05) is 0 Å². The van der Waals surface area contributed by atoms with Crippen LogP contribution in [0.25, 0.3) is 0 Å². The smallest absolute Gasteiger partial charge is 0.303 e. The monoisotopic (exact) mass is 473 g/mol. The molecule has 0 heterocycles. The lowest BCUT2D eigenvalue weighted by Gasteiger charge is -2.24. The van der Waals surface area contributed by atoms with Gasteiger partial charge in [-0.2, -0.15) is 0 Å². The second-order valence-corrected chi connectivity index (χ2v) is 7.44. The van der Waals surface area contributed by atoms with Crippen LogP contribution in [0.1, 0.15) is 46.5 Å². The van der Waals surface area contributed by atoms with Gasteiger partial charge in [0, 0.05) is 12.8 Å². The minimum Gasteiger partial charge on any atom is -0.481 e. The highest BCUT2D eigenvalue weighted by atomic mass is 16.4. The van der Waals surface area contributed by atoms with Gasteiger partial charge in [-0.25, -0.2) is 0 Å². The number of carbonyl (C=O) groups is 7. The van der Waals surface area contributed by atoms with Gasteiger partial charge >= 0.3 is 11.9 Å². The second kappa shape index (κ2) is 14.5. The maximum atomic E-state index is 12.7. The summed E-state index contributed by atoms with van der Waals surface area (Å²) >= 11 is 0. The predicted octanol–water partition coefficient (Wildman–Crippen LogP) is -2.76. The molecule has 0 aromatic heterocycles. The molecule has 0 aromatic rings. The van der Waals surface area contributed by atoms with Crippen molar-refractivity contribution in [3.63, 3.8) is 0 Å². The molecule has 0 aliphatic carbocycles. The van der Waals surface area contributed by atoms with E-state index in [2.05, 4.69) is 21.3 Å². The van der Waals surface area contributed by atoms with Crippen LogP contribution in [0.5, 0.6) is 0 Å². The number of carboxylic acids is 2. The largest absolute Gasteiger partial charge is 0.481 e. The van der Waals surface area contributed by atoms with Crippen molar-refractivity contribution in [2.45, 2.75) is 76.7 Å². The van der Waals surface area contributed by atoms with Crippen molar-refractivity contribution >= 4 is 41.9 Å². The fourth-order valence-electron chi connectivity index (χ4n) is 2.41. The number of hydrogen-bond donors (Lipinski definition) is 7. The van der Waals surface area contributed by atoms with E-state index in [4.69, 9.17) is 15.9 Å². The number of carboxylic acid groups (broad SMARTS) is 2. The van der Waals surface area contributed by atoms with E-state index in [-0.39, 0.29) is 12.8 Å². The molecule has 0 saturated carbocycles. The third-order valence-electron chi connectivity index (χ3n) is 4.30. The molecule has 0 aromatic carbocycles. The van der Waals surface area contributed by atoms with Crippen LogP contribution in [0.3, 0.4) is 0 Å². The van der Waals surface area contributed by atoms with E-state index in [1.807, 2.05) is 0 Å². The molecule has 0 saturated heterocycles. The Balaban J connectivity index is 5.44. The summed E-state index contributed by atoms with van der Waals surface area (Å²) < 4.78 is 0. The summed E-state index contributed by atoms with van der Waals surface area (Å²) in [6.07, 6.45) is -1.16. The van der Waals surface area contributed by atoms with Gasteiger partial charge in [-0.15, -0.1) is 0 Å². The summed E-state index contributed by atoms with van der Waals surface area (Å²) in [6.45, 7) is 4.09. The SMILES string of the molecule is C[C@H](N)C(=O)N[C@@H](CCC(=O)O)C(=O)N[C@@H](CCC(=O)O)C(=O)N[C@@H](C)C(=O)N[C@@H](C)C=O. The minimum atomic E-state index is -1.41. The van der Waals surface area contributed by atoms with E-state index in [0.717, 1.165) is 0 Å². The highest BCUT2D eigenvalue weighted by Gasteiger charge is 2.29. The molecule has 14 nitrogen and oxygen atoms in total. The Bertz CT molecular complexity index is 756. The van der Waals surface area contributed by atoms with Crippen molar-refractivity contribution in [1.29, 1.82) is 0 Å². The van der Waals surface area contributed by atoms with E-state index in [1.54, 1.807) is 0 Å². The molecule has 14 heteroatoms. The topological polar surface area (TPSA) is 234 Å². The lowest BCUT2D eigenvalue weighted by Crippen LogP contribution is -2.57. The Hall–Kier alpha value is -3.55. The van der Waals surface area contributed by atoms with Crippen molar-refractivity contribution < 1.29 is 43.8 Å². The number of nitrogens with two attached hydrogens (primary N) is 1. The average Bonchev–Trinajstić information content (AvgIpc) is 2.72. The highest BCUT2D eigenvalue weighted by Crippen LogP contribution is 2.04. The Labute approximate surface area is 190 Å². The highest BCUT2D eigenvalue weighted by molar-refractivity contribution is 5.95. The average molecular weight is 473 g/mol. The molecule has 5 atom stereocenters. The van der Waals surface area contributed by atoms with Gasteiger partial charge in [-0.3, -0.25) is 28.8 Å². The normalized spacial score (nSPS) is 15.0. The standard InChI is InChI=1S/C19H31N5O9/c1-9(8-25)21-17(31)11(3)22-18(32)12(4-6-14(26)27)24-19(33)13(5-7-15(28)29)23-16(30)10(2)20/h8-13H,4-7,20H2,1-3H3,(H,21,31)(H,22,32)(H,23,30)(H,24,33)(H,26,27)(H,28,29)/t9-,10-,11-,12-,13-/m0/s1. The van der Waals surface area contributed by atoms with Crippen LogP contribution in [-0.2, 0) is 33.6 Å². The van der Waals surface area contributed by atoms with Crippen molar-refractivity contribution in [2.24, 2.45) is 5.73 Å². The van der Waals surface area contributed by atoms with Gasteiger partial charge in [0.2, 0.25) is 23.6 Å². The number of amides is 4. The van der Waals surface area contributed by atoms with E-state index in [1.165, 1.54) is 20.8 Å². The first-order valence-corrected chi connectivity index (χ1v) is 10.1. The molecule has 0 radical (unpaired) electrons. The second-order valence-electron chi connectivity index (χ2n) is 7.44. The van der Waals surface area contributed by atoms with Gasteiger partial charge in [0.1, 0.15) is 24.4 Å². The molecule has 186 valence electrons. The lowest BCUT2D eigenvalue weighted by molar-refractivity contribution is -0.140. The van der Waals surface area contributed by atoms with Crippen LogP contribution in [-0.4, -0.2) is 82.3 Å². The summed E-state index contributed by atoms with van der Waals surface area (Å²) in [5.74, 6) is -5.71. The van der Waals surface area contributed by atoms with Crippen LogP contribution in [0.4, 0.5) is 0 Å². The minimum absolute atomic E-state index is 0.310. The van der Waals surface area contributed by atoms with Crippen LogP contribution in [0.15, 0.2) is 0 Å². The molecule has 4 amide bonds. The lowest BCUT2D eigenvalue weighted by atomic mass is 10.1. The maximum Gasteiger partial charge on any atom is 0.303 e. The van der Waals surface area contributed by atoms with Gasteiger partial charge in [0.05, 0.1) is 12.1 Å². The quantitative estimate of drug-likeness (QED) is 0.121. The molecule has 0 rings (SSSR count). The van der Waals surface area contributed by atoms with E-state index in [0.29, 0.717) is 6.29 Å². The molecule has 0 aliphatic heterocycles. The summed E-state index contributed by atoms with van der Waals surface area (Å²) in [5.41, 5.74) is 5.45. The fraction of sp³-hybridized carbons (Fsp3) is 0.632. The first kappa shape index (κ1) is 29.5. The maximum absolute atomic E-state index is 12.7. The third-order valence-corrected chi connectivity index (χ3v) is 4.30. The molecule has 8 N–H and O–H groups in total. The summed E-state index contributed by atoms with van der Waals surface area (Å²) in [4.78, 5) is 81.7. The zero-order valence-corrected chi connectivity index (χ0v) is 18.6. The predicted molar refractivity (Wildman–Crippen MR) is 113 cm³/mol. The zero-order valence-electron chi connectivity index (χ0n) is 18.6. The molecule has 0 aliphatic rings. The van der Waals surface area contributed by atoms with Crippen molar-refractivity contribution in [3.8, 4) is 0 Å². The molecule has 33 heavy (non-hydrogen) atoms. The van der Waals surface area contributed by atoms with E-state index in [9.17, 15) is 33.6 Å². The van der Waals surface area contributed by atoms with Crippen LogP contribution < -0.4 is 27.0 Å². The number of carbonyl (C=O) groups excluding carboxylic acids is 5. The number of rotatable bonds is 15. The van der Waals surface area contributed by atoms with Crippen LogP contribution in [0, 0.1) is 0 Å². The van der Waals surface area contributed by atoms with Crippen LogP contribution >= 0.6 is 0 Å². The number of aldehydes is 1. The molecule has 0 bridgehead atoms. The van der Waals surface area contributed by atoms with Gasteiger partial charge in [0.25, 0.3) is 0 Å². The Morgan fingerprint density at radius 3 is 1.55 bits per heavy atom. The molecular formula is C19H31N5O9. The van der Waals surface area contributed by atoms with Crippen molar-refractivity contribution in [3.05, 3.63) is 0 Å². The number of hydrogen-bond acceptors (Lipinski definition) is 8. The first-order chi connectivity index (χ1) is 15.3. The summed E-state index contributed by atoms with van der Waals surface area (Å²) in [6, 6.07) is -5.68. The summed E-state index contributed by atoms with van der Waals surface area (Å²) in [5, 5.41) is 27.0. The first-order valence-electron chi connectivity index (χ1n) is 10.1. The van der Waals surface area contributed by atoms with Gasteiger partial charge in [-0.05, 0) is 33.6 Å². The molecular weight excluding hydrogens is 442 g/mol. The van der Waals surface area contributed by atoms with Gasteiger partial charge in [0.15, 0.2) is 0 Å². The van der Waals surface area contributed by atoms with Gasteiger partial charge < -0.3 is 42.0 Å². The van der Waals surface area contributed by atoms with Crippen LogP contribution in [0.2, 0.25) is 0 Å². The van der Waals surface area contributed by atoms with Crippen molar-refractivity contribution in [1.82, 2.24) is 21.3 Å². The van der Waals surface area contributed by atoms with E-state index >= 15 is 0 Å². The Morgan fingerprint density at radius 2 is 1.15 bits per heavy atom. The van der Waals surface area contributed by atoms with E-state index < -0.39 is 78.6 Å². The zero-order chi connectivity index (χ0) is 25.7. The third kappa shape index (κ3) is 12.2. The molecule has 0 spiro atoms. The molecule has 0 fully saturated rings. The fourth-order valence-corrected chi connectivity index (χ4v) is 2.41. The number of aliphatic carboxylic acids is 2. The Kier molecular flexibility index (Phi) is 12.9. The molecule has 0 unspecified atom stereocenters. The van der Waals surface area contributed by atoms with Crippen molar-refractivity contribution in [2.75, 3.05) is 0 Å².